The molecule has 0 aliphatic heterocycles. The van der Waals surface area contributed by atoms with Crippen LogP contribution < -0.4 is 10.5 Å². The summed E-state index contributed by atoms with van der Waals surface area (Å²) < 4.78 is 7.63. The van der Waals surface area contributed by atoms with Crippen LogP contribution in [0.4, 0.5) is 0 Å². The van der Waals surface area contributed by atoms with Crippen LogP contribution in [0.5, 0.6) is 5.75 Å². The van der Waals surface area contributed by atoms with Crippen LogP contribution in [0.15, 0.2) is 30.6 Å². The molecule has 2 aromatic heterocycles. The Labute approximate surface area is 113 Å². The van der Waals surface area contributed by atoms with Gasteiger partial charge in [-0.15, -0.1) is 0 Å². The highest BCUT2D eigenvalue weighted by Gasteiger charge is 2.08. The van der Waals surface area contributed by atoms with Crippen LogP contribution in [0.1, 0.15) is 18.3 Å². The highest BCUT2D eigenvalue weighted by molar-refractivity contribution is 5.29. The van der Waals surface area contributed by atoms with Gasteiger partial charge in [0.2, 0.25) is 0 Å². The average Bonchev–Trinajstić information content (AvgIpc) is 2.84. The standard InChI is InChI=1S/C14H20N4O/c1-11(15)10-13-14(5-4-12(2)17-13)19-9-8-18-7-3-6-16-18/h3-7,11H,8-10,15H2,1-2H3. The third kappa shape index (κ3) is 4.06. The topological polar surface area (TPSA) is 66.0 Å². The predicted octanol–water partition coefficient (Wildman–Crippen LogP) is 1.56. The van der Waals surface area contributed by atoms with Gasteiger partial charge in [-0.05, 0) is 32.0 Å². The van der Waals surface area contributed by atoms with E-state index in [4.69, 9.17) is 10.5 Å². The van der Waals surface area contributed by atoms with E-state index in [2.05, 4.69) is 10.1 Å². The van der Waals surface area contributed by atoms with Gasteiger partial charge in [0, 0.05) is 30.6 Å². The van der Waals surface area contributed by atoms with Gasteiger partial charge in [-0.3, -0.25) is 9.67 Å². The van der Waals surface area contributed by atoms with Crippen molar-refractivity contribution < 1.29 is 4.74 Å². The first-order valence-electron chi connectivity index (χ1n) is 6.47. The first-order valence-corrected chi connectivity index (χ1v) is 6.47. The molecule has 2 aromatic rings. The minimum Gasteiger partial charge on any atom is -0.490 e. The van der Waals surface area contributed by atoms with Crippen LogP contribution in [0.2, 0.25) is 0 Å². The van der Waals surface area contributed by atoms with E-state index in [9.17, 15) is 0 Å². The maximum atomic E-state index is 5.84. The van der Waals surface area contributed by atoms with Gasteiger partial charge >= 0.3 is 0 Å². The van der Waals surface area contributed by atoms with E-state index in [-0.39, 0.29) is 6.04 Å². The second-order valence-corrected chi connectivity index (χ2v) is 4.70. The Balaban J connectivity index is 1.98. The molecular weight excluding hydrogens is 240 g/mol. The maximum absolute atomic E-state index is 5.84. The van der Waals surface area contributed by atoms with Crippen LogP contribution in [-0.2, 0) is 13.0 Å². The monoisotopic (exact) mass is 260 g/mol. The highest BCUT2D eigenvalue weighted by Crippen LogP contribution is 2.18. The fourth-order valence-corrected chi connectivity index (χ4v) is 1.86. The molecule has 102 valence electrons. The number of aryl methyl sites for hydroxylation is 1. The van der Waals surface area contributed by atoms with Crippen molar-refractivity contribution in [2.24, 2.45) is 5.73 Å². The smallest absolute Gasteiger partial charge is 0.140 e. The molecule has 5 nitrogen and oxygen atoms in total. The largest absolute Gasteiger partial charge is 0.490 e. The van der Waals surface area contributed by atoms with Crippen molar-refractivity contribution in [1.29, 1.82) is 0 Å². The number of aromatic nitrogens is 3. The Hall–Kier alpha value is -1.88. The first kappa shape index (κ1) is 13.5. The SMILES string of the molecule is Cc1ccc(OCCn2cccn2)c(CC(C)N)n1. The number of hydrogen-bond donors (Lipinski definition) is 1. The Morgan fingerprint density at radius 1 is 1.42 bits per heavy atom. The molecule has 0 aromatic carbocycles. The molecule has 1 atom stereocenters. The number of nitrogens with two attached hydrogens (primary N) is 1. The van der Waals surface area contributed by atoms with Crippen LogP contribution in [-0.4, -0.2) is 27.4 Å². The second kappa shape index (κ2) is 6.33. The van der Waals surface area contributed by atoms with Crippen molar-refractivity contribution >= 4 is 0 Å². The molecule has 0 spiro atoms. The zero-order valence-electron chi connectivity index (χ0n) is 11.4. The number of nitrogens with zero attached hydrogens (tertiary/aromatic N) is 3. The van der Waals surface area contributed by atoms with Gasteiger partial charge in [-0.1, -0.05) is 0 Å². The predicted molar refractivity (Wildman–Crippen MR) is 74.0 cm³/mol. The van der Waals surface area contributed by atoms with Crippen molar-refractivity contribution in [3.63, 3.8) is 0 Å². The molecule has 0 amide bonds. The summed E-state index contributed by atoms with van der Waals surface area (Å²) in [6.07, 6.45) is 4.40. The quantitative estimate of drug-likeness (QED) is 0.856. The summed E-state index contributed by atoms with van der Waals surface area (Å²) in [6, 6.07) is 5.88. The minimum absolute atomic E-state index is 0.0720. The minimum atomic E-state index is 0.0720. The zero-order chi connectivity index (χ0) is 13.7. The van der Waals surface area contributed by atoms with Gasteiger partial charge in [0.15, 0.2) is 0 Å². The summed E-state index contributed by atoms with van der Waals surface area (Å²) in [7, 11) is 0. The normalized spacial score (nSPS) is 12.4. The Bertz CT molecular complexity index is 508. The van der Waals surface area contributed by atoms with Gasteiger partial charge in [0.1, 0.15) is 12.4 Å². The fourth-order valence-electron chi connectivity index (χ4n) is 1.86. The Morgan fingerprint density at radius 2 is 2.26 bits per heavy atom. The van der Waals surface area contributed by atoms with Crippen molar-refractivity contribution in [3.05, 3.63) is 42.0 Å². The third-order valence-electron chi connectivity index (χ3n) is 2.72. The van der Waals surface area contributed by atoms with Crippen LogP contribution in [0.25, 0.3) is 0 Å². The lowest BCUT2D eigenvalue weighted by atomic mass is 10.1. The molecule has 2 N–H and O–H groups in total. The molecule has 19 heavy (non-hydrogen) atoms. The van der Waals surface area contributed by atoms with E-state index in [1.807, 2.05) is 42.9 Å². The van der Waals surface area contributed by atoms with E-state index in [1.165, 1.54) is 0 Å². The van der Waals surface area contributed by atoms with Crippen LogP contribution in [0.3, 0.4) is 0 Å². The Morgan fingerprint density at radius 3 is 2.95 bits per heavy atom. The summed E-state index contributed by atoms with van der Waals surface area (Å²) in [6.45, 7) is 5.23. The van der Waals surface area contributed by atoms with E-state index in [0.717, 1.165) is 30.1 Å². The summed E-state index contributed by atoms with van der Waals surface area (Å²) in [4.78, 5) is 4.50. The molecule has 0 fully saturated rings. The number of rotatable bonds is 6. The van der Waals surface area contributed by atoms with Crippen molar-refractivity contribution in [1.82, 2.24) is 14.8 Å². The third-order valence-corrected chi connectivity index (χ3v) is 2.72. The maximum Gasteiger partial charge on any atom is 0.140 e. The number of ether oxygens (including phenoxy) is 1. The average molecular weight is 260 g/mol. The van der Waals surface area contributed by atoms with Crippen molar-refractivity contribution in [3.8, 4) is 5.75 Å². The highest BCUT2D eigenvalue weighted by atomic mass is 16.5. The molecule has 0 saturated carbocycles. The summed E-state index contributed by atoms with van der Waals surface area (Å²) >= 11 is 0. The molecule has 1 unspecified atom stereocenters. The molecule has 0 radical (unpaired) electrons. The lowest BCUT2D eigenvalue weighted by Gasteiger charge is -2.13. The van der Waals surface area contributed by atoms with E-state index in [0.29, 0.717) is 6.61 Å². The summed E-state index contributed by atoms with van der Waals surface area (Å²) in [5.74, 6) is 0.815. The van der Waals surface area contributed by atoms with Gasteiger partial charge in [-0.2, -0.15) is 5.10 Å². The first-order chi connectivity index (χ1) is 9.15. The van der Waals surface area contributed by atoms with Gasteiger partial charge < -0.3 is 10.5 Å². The van der Waals surface area contributed by atoms with Crippen molar-refractivity contribution in [2.75, 3.05) is 6.61 Å². The molecule has 0 saturated heterocycles. The van der Waals surface area contributed by atoms with Gasteiger partial charge in [0.25, 0.3) is 0 Å². The van der Waals surface area contributed by atoms with Gasteiger partial charge in [-0.25, -0.2) is 0 Å². The molecular formula is C14H20N4O. The fraction of sp³-hybridized carbons (Fsp3) is 0.429. The lowest BCUT2D eigenvalue weighted by Crippen LogP contribution is -2.20. The van der Waals surface area contributed by atoms with E-state index in [1.54, 1.807) is 6.20 Å². The Kier molecular flexibility index (Phi) is 4.52. The molecule has 0 bridgehead atoms. The van der Waals surface area contributed by atoms with E-state index >= 15 is 0 Å². The molecule has 2 heterocycles. The van der Waals surface area contributed by atoms with Crippen LogP contribution in [0, 0.1) is 6.92 Å². The zero-order valence-corrected chi connectivity index (χ0v) is 11.4. The molecule has 0 aliphatic carbocycles. The molecule has 0 aliphatic rings. The van der Waals surface area contributed by atoms with Gasteiger partial charge in [0.05, 0.1) is 12.2 Å². The molecule has 5 heteroatoms. The van der Waals surface area contributed by atoms with Crippen LogP contribution >= 0.6 is 0 Å². The number of pyridine rings is 1. The molecule has 2 rings (SSSR count). The summed E-state index contributed by atoms with van der Waals surface area (Å²) in [5, 5.41) is 4.13. The van der Waals surface area contributed by atoms with Crippen molar-refractivity contribution in [2.45, 2.75) is 32.9 Å². The lowest BCUT2D eigenvalue weighted by molar-refractivity contribution is 0.286. The second-order valence-electron chi connectivity index (χ2n) is 4.70. The number of hydrogen-bond acceptors (Lipinski definition) is 4. The summed E-state index contributed by atoms with van der Waals surface area (Å²) in [5.41, 5.74) is 7.75. The van der Waals surface area contributed by atoms with E-state index < -0.39 is 0 Å².